The molecule has 5 aliphatic heterocycles. The van der Waals surface area contributed by atoms with E-state index in [1.807, 2.05) is 19.0 Å². The molecule has 3 fully saturated rings. The molecule has 0 unspecified atom stereocenters. The predicted octanol–water partition coefficient (Wildman–Crippen LogP) is 4.88. The van der Waals surface area contributed by atoms with E-state index in [0.717, 1.165) is 38.1 Å². The van der Waals surface area contributed by atoms with Crippen molar-refractivity contribution in [3.05, 3.63) is 56.7 Å². The molecule has 2 aromatic heterocycles. The highest BCUT2D eigenvalue weighted by Gasteiger charge is 2.49. The number of halogens is 6. The molecule has 2 N–H and O–H groups in total. The van der Waals surface area contributed by atoms with Crippen LogP contribution in [0.25, 0.3) is 0 Å². The second kappa shape index (κ2) is 14.0. The number of benzene rings is 1. The van der Waals surface area contributed by atoms with Gasteiger partial charge in [0.2, 0.25) is 0 Å². The number of hydrogen-bond acceptors (Lipinski definition) is 10. The molecular formula is C36H43ClF5N9O3. The third-order valence-electron chi connectivity index (χ3n) is 11.4. The number of ether oxygens (including phenoxy) is 2. The summed E-state index contributed by atoms with van der Waals surface area (Å²) in [6, 6.07) is 1.62. The Hall–Kier alpha value is -3.80. The van der Waals surface area contributed by atoms with E-state index >= 15 is 4.39 Å². The van der Waals surface area contributed by atoms with Gasteiger partial charge in [0.1, 0.15) is 18.6 Å². The first-order chi connectivity index (χ1) is 25.7. The van der Waals surface area contributed by atoms with Gasteiger partial charge in [-0.25, -0.2) is 8.78 Å². The minimum Gasteiger partial charge on any atom is -0.461 e. The molecule has 7 heterocycles. The molecule has 18 heteroatoms. The van der Waals surface area contributed by atoms with Crippen molar-refractivity contribution in [2.24, 2.45) is 5.92 Å². The summed E-state index contributed by atoms with van der Waals surface area (Å²) in [6.45, 7) is 4.27. The number of fused-ring (bicyclic) bond motifs is 3. The second-order valence-electron chi connectivity index (χ2n) is 15.5. The van der Waals surface area contributed by atoms with Crippen molar-refractivity contribution in [3.8, 4) is 6.01 Å². The van der Waals surface area contributed by atoms with E-state index in [2.05, 4.69) is 19.9 Å². The van der Waals surface area contributed by atoms with Crippen LogP contribution < -0.4 is 15.4 Å². The van der Waals surface area contributed by atoms with Gasteiger partial charge in [-0.1, -0.05) is 11.6 Å². The minimum absolute atomic E-state index is 0.0261. The lowest BCUT2D eigenvalue weighted by Crippen LogP contribution is -2.53. The van der Waals surface area contributed by atoms with Gasteiger partial charge < -0.3 is 29.9 Å². The number of nitrogen functional groups attached to an aromatic ring is 1. The summed E-state index contributed by atoms with van der Waals surface area (Å²) in [4.78, 5) is 30.9. The van der Waals surface area contributed by atoms with E-state index in [1.165, 1.54) is 0 Å². The summed E-state index contributed by atoms with van der Waals surface area (Å²) >= 11 is 6.91. The van der Waals surface area contributed by atoms with E-state index in [-0.39, 0.29) is 48.8 Å². The fraction of sp³-hybridized carbons (Fsp3) is 0.611. The Labute approximate surface area is 314 Å². The zero-order chi connectivity index (χ0) is 38.1. The highest BCUT2D eigenvalue weighted by atomic mass is 35.5. The average Bonchev–Trinajstić information content (AvgIpc) is 3.67. The molecule has 1 aromatic carbocycles. The number of alkyl halides is 4. The van der Waals surface area contributed by atoms with Crippen LogP contribution in [0.5, 0.6) is 6.01 Å². The van der Waals surface area contributed by atoms with Gasteiger partial charge in [-0.3, -0.25) is 14.4 Å². The molecule has 0 bridgehead atoms. The third-order valence-corrected chi connectivity index (χ3v) is 11.8. The van der Waals surface area contributed by atoms with E-state index in [4.69, 9.17) is 31.8 Å². The van der Waals surface area contributed by atoms with Crippen LogP contribution in [-0.4, -0.2) is 112 Å². The Morgan fingerprint density at radius 1 is 1.15 bits per heavy atom. The number of rotatable bonds is 8. The average molecular weight is 780 g/mol. The maximum atomic E-state index is 15.4. The van der Waals surface area contributed by atoms with Crippen molar-refractivity contribution in [1.29, 1.82) is 0 Å². The number of amides is 1. The number of hydrogen-bond donors (Lipinski definition) is 1. The highest BCUT2D eigenvalue weighted by molar-refractivity contribution is 6.34. The first kappa shape index (κ1) is 37.1. The summed E-state index contributed by atoms with van der Waals surface area (Å²) in [5.74, 6) is -0.633. The molecule has 3 atom stereocenters. The molecule has 0 aliphatic carbocycles. The molecule has 54 heavy (non-hydrogen) atoms. The van der Waals surface area contributed by atoms with E-state index < -0.39 is 46.6 Å². The number of nitrogens with two attached hydrogens (primary N) is 1. The lowest BCUT2D eigenvalue weighted by atomic mass is 9.94. The second-order valence-corrected chi connectivity index (χ2v) is 15.9. The summed E-state index contributed by atoms with van der Waals surface area (Å²) in [7, 11) is 3.99. The van der Waals surface area contributed by atoms with Crippen LogP contribution >= 0.6 is 11.6 Å². The maximum absolute atomic E-state index is 15.4. The van der Waals surface area contributed by atoms with Crippen molar-refractivity contribution >= 4 is 29.0 Å². The molecule has 1 amide bonds. The third kappa shape index (κ3) is 6.74. The van der Waals surface area contributed by atoms with E-state index in [1.54, 1.807) is 9.58 Å². The zero-order valence-corrected chi connectivity index (χ0v) is 30.9. The quantitative estimate of drug-likeness (QED) is 0.251. The fourth-order valence-corrected chi connectivity index (χ4v) is 9.15. The van der Waals surface area contributed by atoms with Gasteiger partial charge in [0.15, 0.2) is 11.5 Å². The summed E-state index contributed by atoms with van der Waals surface area (Å²) in [6.07, 6.45) is -4.84. The Morgan fingerprint density at radius 2 is 1.94 bits per heavy atom. The van der Waals surface area contributed by atoms with Gasteiger partial charge in [0.25, 0.3) is 5.91 Å². The predicted molar refractivity (Wildman–Crippen MR) is 188 cm³/mol. The number of aryl methyl sites for hydroxylation is 1. The zero-order valence-electron chi connectivity index (χ0n) is 30.1. The van der Waals surface area contributed by atoms with Gasteiger partial charge in [0, 0.05) is 69.2 Å². The maximum Gasteiger partial charge on any atom is 0.416 e. The van der Waals surface area contributed by atoms with Crippen molar-refractivity contribution in [2.75, 3.05) is 70.6 Å². The van der Waals surface area contributed by atoms with Crippen molar-refractivity contribution in [2.45, 2.75) is 75.8 Å². The minimum atomic E-state index is -4.86. The summed E-state index contributed by atoms with van der Waals surface area (Å²) < 4.78 is 86.5. The molecule has 0 spiro atoms. The number of anilines is 2. The van der Waals surface area contributed by atoms with E-state index in [9.17, 15) is 22.4 Å². The molecule has 12 nitrogen and oxygen atoms in total. The monoisotopic (exact) mass is 779 g/mol. The number of nitrogens with zero attached hydrogens (tertiary/aromatic N) is 8. The molecule has 3 saturated heterocycles. The van der Waals surface area contributed by atoms with Crippen LogP contribution in [0.1, 0.15) is 70.4 Å². The van der Waals surface area contributed by atoms with Gasteiger partial charge in [-0.2, -0.15) is 28.2 Å². The van der Waals surface area contributed by atoms with Crippen LogP contribution in [0.3, 0.4) is 0 Å². The number of carbonyl (C=O) groups is 1. The molecular weight excluding hydrogens is 737 g/mol. The van der Waals surface area contributed by atoms with Gasteiger partial charge >= 0.3 is 12.2 Å². The van der Waals surface area contributed by atoms with Crippen molar-refractivity contribution in [3.63, 3.8) is 0 Å². The lowest BCUT2D eigenvalue weighted by Gasteiger charge is -2.40. The molecule has 8 rings (SSSR count). The fourth-order valence-electron chi connectivity index (χ4n) is 8.88. The van der Waals surface area contributed by atoms with Gasteiger partial charge in [-0.15, -0.1) is 0 Å². The largest absolute Gasteiger partial charge is 0.461 e. The summed E-state index contributed by atoms with van der Waals surface area (Å²) in [5.41, 5.74) is 4.59. The van der Waals surface area contributed by atoms with Gasteiger partial charge in [0.05, 0.1) is 52.5 Å². The molecule has 292 valence electrons. The lowest BCUT2D eigenvalue weighted by molar-refractivity contribution is -0.140. The number of aromatic nitrogens is 4. The van der Waals surface area contributed by atoms with Crippen LogP contribution in [0.2, 0.25) is 5.02 Å². The number of carbonyl (C=O) groups excluding carboxylic acids is 1. The first-order valence-corrected chi connectivity index (χ1v) is 18.7. The Balaban J connectivity index is 1.12. The van der Waals surface area contributed by atoms with Crippen molar-refractivity contribution < 1.29 is 36.2 Å². The topological polar surface area (TPSA) is 118 Å². The number of likely N-dealkylation sites (tertiary alicyclic amines) is 1. The molecule has 0 saturated carbocycles. The van der Waals surface area contributed by atoms with Crippen LogP contribution in [0, 0.1) is 11.7 Å². The smallest absolute Gasteiger partial charge is 0.416 e. The Bertz CT molecular complexity index is 1940. The van der Waals surface area contributed by atoms with Crippen LogP contribution in [0.15, 0.2) is 12.1 Å². The molecule has 0 radical (unpaired) electrons. The first-order valence-electron chi connectivity index (χ1n) is 18.3. The molecule has 3 aromatic rings. The summed E-state index contributed by atoms with van der Waals surface area (Å²) in [5, 5.41) is 4.88. The highest BCUT2D eigenvalue weighted by Crippen LogP contribution is 2.44. The van der Waals surface area contributed by atoms with Gasteiger partial charge in [-0.05, 0) is 52.0 Å². The molecule has 5 aliphatic rings. The Morgan fingerprint density at radius 3 is 2.70 bits per heavy atom. The SMILES string of the molecule is CN(C)CC1CN(C(=O)c2nn3c(c2Cl)CN(c2nc(OC[C@@]45CCCN4C[C@H](F)C5)nc4c2CO[C@H](c2c(C(F)(F)F)ccc(N)c2F)C4)CCC3)C1. The normalized spacial score (nSPS) is 24.7. The van der Waals surface area contributed by atoms with Crippen LogP contribution in [0.4, 0.5) is 33.5 Å². The standard InChI is InChI=1S/C36H43ClF5N9O3/c1-47(2)13-20-14-49(15-20)33(52)31-29(37)26-17-48(8-4-10-51(26)46-31)32-22-18-53-27(28-23(36(40,41)42)5-6-24(43)30(28)39)11-25(22)44-34(45-32)54-19-35-7-3-9-50(35)16-21(38)12-35/h5-6,20-21,27H,3-4,7-19,43H2,1-2H3/t21-,27+,35+/m1/s1. The van der Waals surface area contributed by atoms with Crippen LogP contribution in [-0.2, 0) is 37.0 Å². The van der Waals surface area contributed by atoms with Crippen molar-refractivity contribution in [1.82, 2.24) is 34.4 Å². The van der Waals surface area contributed by atoms with E-state index in [0.29, 0.717) is 74.3 Å². The Kier molecular flexibility index (Phi) is 9.66.